The van der Waals surface area contributed by atoms with E-state index in [0.29, 0.717) is 6.61 Å². The van der Waals surface area contributed by atoms with Crippen LogP contribution in [-0.2, 0) is 76.0 Å². The minimum absolute atomic E-state index is 0.0256. The van der Waals surface area contributed by atoms with Crippen molar-refractivity contribution in [3.05, 3.63) is 0 Å². The molecule has 4 aliphatic heterocycles. The lowest BCUT2D eigenvalue weighted by Crippen LogP contribution is -2.67. The summed E-state index contributed by atoms with van der Waals surface area (Å²) in [5, 5.41) is 56.0. The highest BCUT2D eigenvalue weighted by Crippen LogP contribution is 2.37. The second-order valence-corrected chi connectivity index (χ2v) is 17.1. The summed E-state index contributed by atoms with van der Waals surface area (Å²) in [5.41, 5.74) is 0. The number of hydrogen-bond acceptors (Lipinski definition) is 21. The van der Waals surface area contributed by atoms with Gasteiger partial charge in [-0.05, 0) is 34.1 Å². The van der Waals surface area contributed by atoms with Gasteiger partial charge in [-0.3, -0.25) is 19.2 Å². The third kappa shape index (κ3) is 14.7. The number of aliphatic hydroxyl groups excluding tert-OH is 5. The second-order valence-electron chi connectivity index (χ2n) is 17.1. The zero-order chi connectivity index (χ0) is 47.2. The first-order valence-electron chi connectivity index (χ1n) is 22.6. The van der Waals surface area contributed by atoms with Gasteiger partial charge in [-0.15, -0.1) is 0 Å². The second kappa shape index (κ2) is 26.0. The molecule has 4 aliphatic rings. The van der Waals surface area contributed by atoms with Crippen LogP contribution in [0.3, 0.4) is 0 Å². The third-order valence-corrected chi connectivity index (χ3v) is 11.8. The van der Waals surface area contributed by atoms with Gasteiger partial charge in [0.25, 0.3) is 6.47 Å². The first-order chi connectivity index (χ1) is 30.4. The summed E-state index contributed by atoms with van der Waals surface area (Å²) in [6, 6.07) is 0. The molecule has 0 amide bonds. The number of rotatable bonds is 23. The van der Waals surface area contributed by atoms with E-state index < -0.39 is 141 Å². The fraction of sp³-hybridized carbons (Fsp3) is 0.907. The minimum atomic E-state index is -1.84. The molecule has 21 nitrogen and oxygen atoms in total. The van der Waals surface area contributed by atoms with Crippen molar-refractivity contribution in [2.75, 3.05) is 6.61 Å². The van der Waals surface area contributed by atoms with E-state index in [1.165, 1.54) is 59.3 Å². The summed E-state index contributed by atoms with van der Waals surface area (Å²) in [5.74, 6) is -2.32. The van der Waals surface area contributed by atoms with Gasteiger partial charge in [-0.1, -0.05) is 64.7 Å². The maximum Gasteiger partial charge on any atom is 0.303 e. The van der Waals surface area contributed by atoms with E-state index in [9.17, 15) is 44.7 Å². The molecular weight excluding hydrogens is 852 g/mol. The van der Waals surface area contributed by atoms with Crippen LogP contribution in [-0.4, -0.2) is 179 Å². The van der Waals surface area contributed by atoms with Crippen molar-refractivity contribution < 1.29 is 102 Å². The average Bonchev–Trinajstić information content (AvgIpc) is 3.23. The standard InChI is InChI=1S/C43H72O21/c1-9-10-11-12-13-14-15-16-17-18-19-53-40-30(50)28(48)34(22(3)55-40)62-42-32(52)37(35(23(4)57-42)60-26(7)46)63-43-39(54-20-44)38(36(24(5)58-43)61-27(8)47)64-41-31(51)29(49)33(21(2)56-41)59-25(6)45/h20-24,28-43,48-52H,9-19H2,1-8H3/t21-,22-,23-,24-,28-,29-,30+,31+,32+,33-,34-,35-,36-,37-,38+,39+,40+,41-,42-,43-/m0/s1. The molecule has 0 saturated carbocycles. The Kier molecular flexibility index (Phi) is 22.0. The van der Waals surface area contributed by atoms with Crippen molar-refractivity contribution in [3.63, 3.8) is 0 Å². The lowest BCUT2D eigenvalue weighted by Gasteiger charge is -2.50. The predicted molar refractivity (Wildman–Crippen MR) is 217 cm³/mol. The molecule has 370 valence electrons. The summed E-state index contributed by atoms with van der Waals surface area (Å²) in [6.07, 6.45) is -17.4. The molecule has 4 saturated heterocycles. The van der Waals surface area contributed by atoms with Gasteiger partial charge >= 0.3 is 17.9 Å². The van der Waals surface area contributed by atoms with E-state index in [1.54, 1.807) is 6.92 Å². The monoisotopic (exact) mass is 924 g/mol. The topological polar surface area (TPSA) is 280 Å². The van der Waals surface area contributed by atoms with E-state index in [-0.39, 0.29) is 6.47 Å². The molecule has 0 radical (unpaired) electrons. The summed E-state index contributed by atoms with van der Waals surface area (Å²) in [6.45, 7) is 11.9. The Labute approximate surface area is 374 Å². The van der Waals surface area contributed by atoms with Gasteiger partial charge in [0.15, 0.2) is 49.6 Å². The highest BCUT2D eigenvalue weighted by Gasteiger charge is 2.57. The Morgan fingerprint density at radius 2 is 0.844 bits per heavy atom. The molecule has 0 bridgehead atoms. The Morgan fingerprint density at radius 1 is 0.453 bits per heavy atom. The van der Waals surface area contributed by atoms with Crippen LogP contribution < -0.4 is 0 Å². The number of hydrogen-bond donors (Lipinski definition) is 5. The number of carbonyl (C=O) groups is 4. The Hall–Kier alpha value is -2.64. The highest BCUT2D eigenvalue weighted by atomic mass is 16.8. The first-order valence-corrected chi connectivity index (χ1v) is 22.6. The van der Waals surface area contributed by atoms with Gasteiger partial charge < -0.3 is 82.4 Å². The molecule has 0 aromatic rings. The SMILES string of the molecule is CCCCCCCCCCCCO[C@@H]1O[C@@H](C)[C@H](O[C@@H]2O[C@@H](C)[C@H](OC(C)=O)[C@@H](O[C@@H]3O[C@@H](C)[C@H](OC(C)=O)[C@@H](O[C@@H]4O[C@@H](C)[C@H](OC(C)=O)[C@@H](O)[C@H]4O)[C@H]3OC=O)[C@H]2O)[C@@H](O)[C@H]1O. The quantitative estimate of drug-likeness (QED) is 0.0417. The van der Waals surface area contributed by atoms with Gasteiger partial charge in [0.05, 0.1) is 24.4 Å². The molecule has 0 unspecified atom stereocenters. The average molecular weight is 925 g/mol. The summed E-state index contributed by atoms with van der Waals surface area (Å²) >= 11 is 0. The molecule has 4 heterocycles. The van der Waals surface area contributed by atoms with Gasteiger partial charge in [0, 0.05) is 27.4 Å². The molecule has 20 atom stereocenters. The van der Waals surface area contributed by atoms with Crippen LogP contribution in [0.15, 0.2) is 0 Å². The van der Waals surface area contributed by atoms with Crippen LogP contribution in [0.25, 0.3) is 0 Å². The molecule has 0 aromatic heterocycles. The van der Waals surface area contributed by atoms with Crippen molar-refractivity contribution in [1.82, 2.24) is 0 Å². The largest absolute Gasteiger partial charge is 0.457 e. The van der Waals surface area contributed by atoms with Crippen LogP contribution in [0.4, 0.5) is 0 Å². The number of ether oxygens (including phenoxy) is 12. The number of aliphatic hydroxyl groups is 5. The van der Waals surface area contributed by atoms with Crippen LogP contribution in [0.2, 0.25) is 0 Å². The molecule has 4 rings (SSSR count). The maximum atomic E-state index is 12.4. The zero-order valence-corrected chi connectivity index (χ0v) is 38.2. The zero-order valence-electron chi connectivity index (χ0n) is 38.2. The lowest BCUT2D eigenvalue weighted by molar-refractivity contribution is -0.384. The highest BCUT2D eigenvalue weighted by molar-refractivity contribution is 5.67. The Bertz CT molecular complexity index is 1440. The smallest absolute Gasteiger partial charge is 0.303 e. The molecule has 64 heavy (non-hydrogen) atoms. The number of unbranched alkanes of at least 4 members (excludes halogenated alkanes) is 9. The van der Waals surface area contributed by atoms with Crippen LogP contribution in [0.1, 0.15) is 120 Å². The lowest BCUT2D eigenvalue weighted by atomic mass is 9.95. The molecule has 5 N–H and O–H groups in total. The maximum absolute atomic E-state index is 12.4. The van der Waals surface area contributed by atoms with Crippen molar-refractivity contribution in [1.29, 1.82) is 0 Å². The van der Waals surface area contributed by atoms with E-state index in [4.69, 9.17) is 56.8 Å². The molecule has 21 heteroatoms. The van der Waals surface area contributed by atoms with Crippen molar-refractivity contribution >= 4 is 24.4 Å². The predicted octanol–water partition coefficient (Wildman–Crippen LogP) is 1.20. The first kappa shape index (κ1) is 54.0. The summed E-state index contributed by atoms with van der Waals surface area (Å²) in [7, 11) is 0. The van der Waals surface area contributed by atoms with E-state index in [1.807, 2.05) is 0 Å². The fourth-order valence-electron chi connectivity index (χ4n) is 8.47. The fourth-order valence-corrected chi connectivity index (χ4v) is 8.47. The number of carbonyl (C=O) groups excluding carboxylic acids is 4. The molecule has 0 aliphatic carbocycles. The number of esters is 3. The molecular formula is C43H72O21. The van der Waals surface area contributed by atoms with Crippen molar-refractivity contribution in [2.24, 2.45) is 0 Å². The Balaban J connectivity index is 1.47. The molecule has 0 spiro atoms. The minimum Gasteiger partial charge on any atom is -0.457 e. The van der Waals surface area contributed by atoms with Gasteiger partial charge in [-0.2, -0.15) is 0 Å². The van der Waals surface area contributed by atoms with Crippen molar-refractivity contribution in [2.45, 2.75) is 242 Å². The van der Waals surface area contributed by atoms with E-state index in [0.717, 1.165) is 46.5 Å². The van der Waals surface area contributed by atoms with Gasteiger partial charge in [-0.25, -0.2) is 0 Å². The van der Waals surface area contributed by atoms with E-state index >= 15 is 0 Å². The normalized spacial score (nSPS) is 40.3. The van der Waals surface area contributed by atoms with E-state index in [2.05, 4.69) is 6.92 Å². The van der Waals surface area contributed by atoms with Gasteiger partial charge in [0.2, 0.25) is 0 Å². The molecule has 0 aromatic carbocycles. The summed E-state index contributed by atoms with van der Waals surface area (Å²) in [4.78, 5) is 48.4. The Morgan fingerprint density at radius 3 is 1.39 bits per heavy atom. The molecule has 4 fully saturated rings. The third-order valence-electron chi connectivity index (χ3n) is 11.8. The summed E-state index contributed by atoms with van der Waals surface area (Å²) < 4.78 is 69.6. The van der Waals surface area contributed by atoms with Crippen LogP contribution in [0, 0.1) is 0 Å². The van der Waals surface area contributed by atoms with Gasteiger partial charge in [0.1, 0.15) is 48.8 Å². The van der Waals surface area contributed by atoms with Crippen LogP contribution >= 0.6 is 0 Å². The van der Waals surface area contributed by atoms with Crippen molar-refractivity contribution in [3.8, 4) is 0 Å². The van der Waals surface area contributed by atoms with Crippen LogP contribution in [0.5, 0.6) is 0 Å².